The molecule has 0 unspecified atom stereocenters. The van der Waals surface area contributed by atoms with Gasteiger partial charge in [-0.25, -0.2) is 4.79 Å². The van der Waals surface area contributed by atoms with Gasteiger partial charge in [0, 0.05) is 25.0 Å². The van der Waals surface area contributed by atoms with Gasteiger partial charge in [-0.3, -0.25) is 10.1 Å². The summed E-state index contributed by atoms with van der Waals surface area (Å²) in [7, 11) is 3.26. The van der Waals surface area contributed by atoms with Crippen LogP contribution >= 0.6 is 0 Å². The number of carbonyl (C=O) groups is 2. The first-order valence-electron chi connectivity index (χ1n) is 8.30. The van der Waals surface area contributed by atoms with Crippen molar-refractivity contribution < 1.29 is 19.1 Å². The van der Waals surface area contributed by atoms with Crippen LogP contribution in [0, 0.1) is 6.92 Å². The predicted molar refractivity (Wildman–Crippen MR) is 92.9 cm³/mol. The van der Waals surface area contributed by atoms with Gasteiger partial charge in [-0.05, 0) is 40.2 Å². The summed E-state index contributed by atoms with van der Waals surface area (Å²) in [6.07, 6.45) is 1.57. The molecule has 0 radical (unpaired) electrons. The Balaban J connectivity index is 2.84. The van der Waals surface area contributed by atoms with Crippen molar-refractivity contribution in [3.63, 3.8) is 0 Å². The molecule has 0 aliphatic heterocycles. The van der Waals surface area contributed by atoms with Gasteiger partial charge in [-0.15, -0.1) is 0 Å². The molecule has 0 saturated heterocycles. The van der Waals surface area contributed by atoms with Gasteiger partial charge in [0.05, 0.1) is 12.7 Å². The first-order chi connectivity index (χ1) is 11.1. The van der Waals surface area contributed by atoms with Crippen molar-refractivity contribution in [3.05, 3.63) is 23.0 Å². The molecule has 6 nitrogen and oxygen atoms in total. The second-order valence-corrected chi connectivity index (χ2v) is 6.94. The Labute approximate surface area is 144 Å². The SMILES string of the molecule is CCC[C@H](NCc1cc(C(=O)OC)c(C)n1C)C(=O)OC(C)(C)C. The molecule has 1 aromatic rings. The van der Waals surface area contributed by atoms with Crippen molar-refractivity contribution in [1.82, 2.24) is 9.88 Å². The molecule has 0 fully saturated rings. The molecule has 24 heavy (non-hydrogen) atoms. The lowest BCUT2D eigenvalue weighted by Gasteiger charge is -2.24. The van der Waals surface area contributed by atoms with Crippen molar-refractivity contribution >= 4 is 11.9 Å². The van der Waals surface area contributed by atoms with Crippen LogP contribution in [0.1, 0.15) is 62.3 Å². The maximum atomic E-state index is 12.3. The lowest BCUT2D eigenvalue weighted by Crippen LogP contribution is -2.41. The molecule has 136 valence electrons. The van der Waals surface area contributed by atoms with E-state index in [9.17, 15) is 9.59 Å². The maximum Gasteiger partial charge on any atom is 0.339 e. The third-order valence-corrected chi connectivity index (χ3v) is 3.84. The van der Waals surface area contributed by atoms with Gasteiger partial charge >= 0.3 is 11.9 Å². The second kappa shape index (κ2) is 8.33. The third kappa shape index (κ3) is 5.37. The van der Waals surface area contributed by atoms with Crippen LogP contribution < -0.4 is 5.32 Å². The summed E-state index contributed by atoms with van der Waals surface area (Å²) in [4.78, 5) is 24.1. The zero-order valence-electron chi connectivity index (χ0n) is 15.9. The number of hydrogen-bond acceptors (Lipinski definition) is 5. The van der Waals surface area contributed by atoms with Gasteiger partial charge in [0.25, 0.3) is 0 Å². The Kier molecular flexibility index (Phi) is 7.02. The molecule has 1 aromatic heterocycles. The van der Waals surface area contributed by atoms with Crippen LogP contribution in [-0.4, -0.2) is 35.3 Å². The monoisotopic (exact) mass is 338 g/mol. The highest BCUT2D eigenvalue weighted by atomic mass is 16.6. The summed E-state index contributed by atoms with van der Waals surface area (Å²) in [5.41, 5.74) is 1.78. The van der Waals surface area contributed by atoms with E-state index in [0.29, 0.717) is 18.5 Å². The predicted octanol–water partition coefficient (Wildman–Crippen LogP) is 2.72. The molecule has 6 heteroatoms. The zero-order valence-corrected chi connectivity index (χ0v) is 15.9. The Morgan fingerprint density at radius 2 is 1.96 bits per heavy atom. The van der Waals surface area contributed by atoms with Gasteiger partial charge in [0.2, 0.25) is 0 Å². The summed E-state index contributed by atoms with van der Waals surface area (Å²) >= 11 is 0. The minimum atomic E-state index is -0.510. The quantitative estimate of drug-likeness (QED) is 0.774. The van der Waals surface area contributed by atoms with Crippen LogP contribution in [0.2, 0.25) is 0 Å². The lowest BCUT2D eigenvalue weighted by atomic mass is 10.1. The highest BCUT2D eigenvalue weighted by Gasteiger charge is 2.25. The fourth-order valence-corrected chi connectivity index (χ4v) is 2.44. The number of ether oxygens (including phenoxy) is 2. The Morgan fingerprint density at radius 3 is 2.46 bits per heavy atom. The molecule has 1 heterocycles. The standard InChI is InChI=1S/C18H30N2O4/c1-8-9-15(17(22)24-18(3,4)5)19-11-13-10-14(16(21)23-7)12(2)20(13)6/h10,15,19H,8-9,11H2,1-7H3/t15-/m0/s1. The van der Waals surface area contributed by atoms with Crippen LogP contribution in [0.25, 0.3) is 0 Å². The maximum absolute atomic E-state index is 12.3. The van der Waals surface area contributed by atoms with E-state index >= 15 is 0 Å². The molecule has 0 amide bonds. The van der Waals surface area contributed by atoms with E-state index in [1.54, 1.807) is 6.07 Å². The van der Waals surface area contributed by atoms with Gasteiger partial charge in [-0.2, -0.15) is 0 Å². The molecule has 0 spiro atoms. The molecule has 1 atom stereocenters. The van der Waals surface area contributed by atoms with E-state index in [4.69, 9.17) is 9.47 Å². The normalized spacial score (nSPS) is 12.8. The molecule has 0 aliphatic carbocycles. The van der Waals surface area contributed by atoms with Crippen LogP contribution in [0.3, 0.4) is 0 Å². The summed E-state index contributed by atoms with van der Waals surface area (Å²) < 4.78 is 12.2. The Morgan fingerprint density at radius 1 is 1.33 bits per heavy atom. The summed E-state index contributed by atoms with van der Waals surface area (Å²) in [5.74, 6) is -0.602. The van der Waals surface area contributed by atoms with Gasteiger partial charge in [0.1, 0.15) is 11.6 Å². The topological polar surface area (TPSA) is 69.6 Å². The van der Waals surface area contributed by atoms with E-state index in [2.05, 4.69) is 5.32 Å². The van der Waals surface area contributed by atoms with Crippen LogP contribution in [0.4, 0.5) is 0 Å². The molecular weight excluding hydrogens is 308 g/mol. The van der Waals surface area contributed by atoms with Gasteiger partial charge < -0.3 is 14.0 Å². The fraction of sp³-hybridized carbons (Fsp3) is 0.667. The largest absolute Gasteiger partial charge is 0.465 e. The van der Waals surface area contributed by atoms with Crippen molar-refractivity contribution in [3.8, 4) is 0 Å². The highest BCUT2D eigenvalue weighted by Crippen LogP contribution is 2.16. The number of methoxy groups -OCH3 is 1. The van der Waals surface area contributed by atoms with E-state index in [-0.39, 0.29) is 18.0 Å². The Hall–Kier alpha value is -1.82. The van der Waals surface area contributed by atoms with Crippen LogP contribution in [-0.2, 0) is 27.9 Å². The molecule has 1 N–H and O–H groups in total. The smallest absolute Gasteiger partial charge is 0.339 e. The third-order valence-electron chi connectivity index (χ3n) is 3.84. The number of nitrogens with one attached hydrogen (secondary N) is 1. The zero-order chi connectivity index (χ0) is 18.5. The van der Waals surface area contributed by atoms with E-state index in [0.717, 1.165) is 17.8 Å². The minimum absolute atomic E-state index is 0.247. The van der Waals surface area contributed by atoms with Crippen molar-refractivity contribution in [2.45, 2.75) is 65.6 Å². The van der Waals surface area contributed by atoms with E-state index < -0.39 is 5.60 Å². The molecule has 0 saturated carbocycles. The minimum Gasteiger partial charge on any atom is -0.465 e. The summed E-state index contributed by atoms with van der Waals surface area (Å²) in [6.45, 7) is 9.94. The average molecular weight is 338 g/mol. The average Bonchev–Trinajstić information content (AvgIpc) is 2.77. The van der Waals surface area contributed by atoms with Crippen molar-refractivity contribution in [1.29, 1.82) is 0 Å². The van der Waals surface area contributed by atoms with Crippen LogP contribution in [0.15, 0.2) is 6.07 Å². The van der Waals surface area contributed by atoms with Crippen LogP contribution in [0.5, 0.6) is 0 Å². The van der Waals surface area contributed by atoms with Crippen molar-refractivity contribution in [2.24, 2.45) is 7.05 Å². The number of hydrogen-bond donors (Lipinski definition) is 1. The van der Waals surface area contributed by atoms with E-state index in [1.807, 2.05) is 46.2 Å². The molecular formula is C18H30N2O4. The number of esters is 2. The number of nitrogens with zero attached hydrogens (tertiary/aromatic N) is 1. The highest BCUT2D eigenvalue weighted by molar-refractivity contribution is 5.91. The number of rotatable bonds is 7. The number of carbonyl (C=O) groups excluding carboxylic acids is 2. The van der Waals surface area contributed by atoms with Gasteiger partial charge in [0.15, 0.2) is 0 Å². The van der Waals surface area contributed by atoms with E-state index in [1.165, 1.54) is 7.11 Å². The fourth-order valence-electron chi connectivity index (χ4n) is 2.44. The van der Waals surface area contributed by atoms with Crippen molar-refractivity contribution in [2.75, 3.05) is 7.11 Å². The molecule has 1 rings (SSSR count). The molecule has 0 aliphatic rings. The first kappa shape index (κ1) is 20.2. The molecule has 0 bridgehead atoms. The second-order valence-electron chi connectivity index (χ2n) is 6.94. The number of aromatic nitrogens is 1. The Bertz CT molecular complexity index is 585. The van der Waals surface area contributed by atoms with Gasteiger partial charge in [-0.1, -0.05) is 13.3 Å². The lowest BCUT2D eigenvalue weighted by molar-refractivity contribution is -0.157. The summed E-state index contributed by atoms with van der Waals surface area (Å²) in [6, 6.07) is 1.43. The summed E-state index contributed by atoms with van der Waals surface area (Å²) in [5, 5.41) is 3.25. The first-order valence-corrected chi connectivity index (χ1v) is 8.30. The molecule has 0 aromatic carbocycles.